The molecule has 0 amide bonds. The van der Waals surface area contributed by atoms with E-state index in [1.165, 1.54) is 20.3 Å². The maximum absolute atomic E-state index is 12.3. The largest absolute Gasteiger partial charge is 0.495 e. The second-order valence-electron chi connectivity index (χ2n) is 6.35. The van der Waals surface area contributed by atoms with Crippen molar-refractivity contribution in [3.63, 3.8) is 0 Å². The maximum atomic E-state index is 12.3. The lowest BCUT2D eigenvalue weighted by Crippen LogP contribution is -2.10. The first-order valence-electron chi connectivity index (χ1n) is 9.21. The molecule has 0 saturated carbocycles. The van der Waals surface area contributed by atoms with Crippen LogP contribution in [0.15, 0.2) is 30.3 Å². The van der Waals surface area contributed by atoms with Gasteiger partial charge in [-0.1, -0.05) is 6.08 Å². The summed E-state index contributed by atoms with van der Waals surface area (Å²) >= 11 is 0. The number of hydrogen-bond donors (Lipinski definition) is 0. The van der Waals surface area contributed by atoms with E-state index in [1.54, 1.807) is 6.92 Å². The molecule has 0 spiro atoms. The number of methoxy groups -OCH3 is 4. The quantitative estimate of drug-likeness (QED) is 0.324. The summed E-state index contributed by atoms with van der Waals surface area (Å²) in [5.74, 6) is -1.94. The van der Waals surface area contributed by atoms with Crippen molar-refractivity contribution in [3.05, 3.63) is 72.8 Å². The fourth-order valence-corrected chi connectivity index (χ4v) is 3.26. The highest BCUT2D eigenvalue weighted by Gasteiger charge is 2.29. The number of benzene rings is 2. The van der Waals surface area contributed by atoms with Crippen LogP contribution in [0, 0.1) is 20.2 Å². The minimum absolute atomic E-state index is 0.0456. The molecule has 0 bridgehead atoms. The first kappa shape index (κ1) is 24.8. The van der Waals surface area contributed by atoms with Crippen molar-refractivity contribution in [2.24, 2.45) is 0 Å². The van der Waals surface area contributed by atoms with E-state index in [9.17, 15) is 29.8 Å². The lowest BCUT2D eigenvalue weighted by Gasteiger charge is -2.18. The average Bonchev–Trinajstić information content (AvgIpc) is 2.82. The van der Waals surface area contributed by atoms with Gasteiger partial charge in [0.05, 0.1) is 38.3 Å². The van der Waals surface area contributed by atoms with Crippen molar-refractivity contribution in [2.75, 3.05) is 28.4 Å². The molecule has 0 atom stereocenters. The van der Waals surface area contributed by atoms with Crippen LogP contribution < -0.4 is 9.47 Å². The van der Waals surface area contributed by atoms with E-state index in [0.717, 1.165) is 38.5 Å². The number of nitro benzene ring substituents is 2. The third-order valence-electron chi connectivity index (χ3n) is 4.66. The zero-order valence-electron chi connectivity index (χ0n) is 18.4. The molecular weight excluding hydrogens is 440 g/mol. The molecule has 0 fully saturated rings. The average molecular weight is 460 g/mol. The molecule has 0 aliphatic carbocycles. The maximum Gasteiger partial charge on any atom is 0.341 e. The normalized spacial score (nSPS) is 10.1. The van der Waals surface area contributed by atoms with Crippen LogP contribution in [0.2, 0.25) is 0 Å². The number of hydrogen-bond acceptors (Lipinski definition) is 10. The summed E-state index contributed by atoms with van der Waals surface area (Å²) in [7, 11) is 4.69. The van der Waals surface area contributed by atoms with Crippen molar-refractivity contribution in [3.8, 4) is 11.5 Å². The van der Waals surface area contributed by atoms with Gasteiger partial charge in [0.25, 0.3) is 11.4 Å². The molecular formula is C21H20N2O10. The zero-order chi connectivity index (χ0) is 24.9. The van der Waals surface area contributed by atoms with Crippen LogP contribution in [0.3, 0.4) is 0 Å². The molecule has 174 valence electrons. The summed E-state index contributed by atoms with van der Waals surface area (Å²) in [5, 5.41) is 23.1. The fourth-order valence-electron chi connectivity index (χ4n) is 3.26. The van der Waals surface area contributed by atoms with E-state index in [-0.39, 0.29) is 39.3 Å². The summed E-state index contributed by atoms with van der Waals surface area (Å²) in [4.78, 5) is 46.2. The molecule has 0 heterocycles. The standard InChI is InChI=1S/C21H20N2O10/c1-6-13(14-7-11(22(26)27)9-16(18(14)30-2)20(24)32-4)15-8-12(23(28)29)10-17(19(15)31-3)21(25)33-5/h6-10H,1-5H3. The Morgan fingerprint density at radius 1 is 0.727 bits per heavy atom. The van der Waals surface area contributed by atoms with Crippen LogP contribution in [0.25, 0.3) is 5.57 Å². The molecule has 0 aromatic heterocycles. The van der Waals surface area contributed by atoms with E-state index in [2.05, 4.69) is 0 Å². The van der Waals surface area contributed by atoms with Crippen molar-refractivity contribution < 1.29 is 38.4 Å². The van der Waals surface area contributed by atoms with Gasteiger partial charge in [-0.2, -0.15) is 0 Å². The second-order valence-corrected chi connectivity index (χ2v) is 6.35. The third-order valence-corrected chi connectivity index (χ3v) is 4.66. The predicted molar refractivity (Wildman–Crippen MR) is 115 cm³/mol. The Kier molecular flexibility index (Phi) is 7.68. The molecule has 0 radical (unpaired) electrons. The van der Waals surface area contributed by atoms with E-state index in [1.807, 2.05) is 0 Å². The summed E-state index contributed by atoms with van der Waals surface area (Å²) in [6, 6.07) is 4.26. The third kappa shape index (κ3) is 4.74. The molecule has 12 nitrogen and oxygen atoms in total. The molecule has 2 rings (SSSR count). The minimum Gasteiger partial charge on any atom is -0.495 e. The molecule has 33 heavy (non-hydrogen) atoms. The van der Waals surface area contributed by atoms with E-state index in [0.29, 0.717) is 0 Å². The van der Waals surface area contributed by atoms with Crippen molar-refractivity contribution in [1.82, 2.24) is 0 Å². The molecule has 12 heteroatoms. The molecule has 2 aromatic carbocycles. The Morgan fingerprint density at radius 2 is 1.06 bits per heavy atom. The van der Waals surface area contributed by atoms with E-state index in [4.69, 9.17) is 18.9 Å². The number of rotatable bonds is 8. The van der Waals surface area contributed by atoms with Crippen molar-refractivity contribution >= 4 is 28.9 Å². The van der Waals surface area contributed by atoms with Gasteiger partial charge in [-0.15, -0.1) is 0 Å². The van der Waals surface area contributed by atoms with Gasteiger partial charge in [0.1, 0.15) is 22.6 Å². The first-order valence-corrected chi connectivity index (χ1v) is 9.21. The van der Waals surface area contributed by atoms with E-state index >= 15 is 0 Å². The van der Waals surface area contributed by atoms with Gasteiger partial charge in [0.2, 0.25) is 0 Å². The summed E-state index contributed by atoms with van der Waals surface area (Å²) in [5.41, 5.74) is -1.13. The van der Waals surface area contributed by atoms with Crippen molar-refractivity contribution in [1.29, 1.82) is 0 Å². The van der Waals surface area contributed by atoms with Gasteiger partial charge in [-0.3, -0.25) is 20.2 Å². The number of non-ortho nitro benzene ring substituents is 2. The number of carbonyl (C=O) groups excluding carboxylic acids is 2. The number of allylic oxidation sites excluding steroid dienone is 1. The fraction of sp³-hybridized carbons (Fsp3) is 0.238. The number of nitrogens with zero attached hydrogens (tertiary/aromatic N) is 2. The number of carbonyl (C=O) groups is 2. The van der Waals surface area contributed by atoms with Crippen LogP contribution >= 0.6 is 0 Å². The number of nitro groups is 2. The van der Waals surface area contributed by atoms with Gasteiger partial charge >= 0.3 is 11.9 Å². The van der Waals surface area contributed by atoms with Gasteiger partial charge in [0, 0.05) is 35.4 Å². The van der Waals surface area contributed by atoms with Gasteiger partial charge in [-0.05, 0) is 12.5 Å². The smallest absolute Gasteiger partial charge is 0.341 e. The lowest BCUT2D eigenvalue weighted by atomic mass is 9.91. The van der Waals surface area contributed by atoms with Gasteiger partial charge < -0.3 is 18.9 Å². The molecule has 0 aliphatic heterocycles. The highest BCUT2D eigenvalue weighted by atomic mass is 16.6. The Balaban J connectivity index is 3.01. The molecule has 0 aliphatic rings. The highest BCUT2D eigenvalue weighted by Crippen LogP contribution is 2.42. The Morgan fingerprint density at radius 3 is 1.30 bits per heavy atom. The summed E-state index contributed by atoms with van der Waals surface area (Å²) in [6.45, 7) is 1.56. The van der Waals surface area contributed by atoms with Gasteiger partial charge in [-0.25, -0.2) is 9.59 Å². The second kappa shape index (κ2) is 10.2. The number of esters is 2. The van der Waals surface area contributed by atoms with Crippen LogP contribution in [-0.4, -0.2) is 50.2 Å². The minimum atomic E-state index is -0.895. The van der Waals surface area contributed by atoms with Crippen LogP contribution in [0.5, 0.6) is 11.5 Å². The van der Waals surface area contributed by atoms with Gasteiger partial charge in [0.15, 0.2) is 0 Å². The number of ether oxygens (including phenoxy) is 4. The van der Waals surface area contributed by atoms with Crippen LogP contribution in [0.1, 0.15) is 38.8 Å². The Labute approximate surface area is 187 Å². The highest BCUT2D eigenvalue weighted by molar-refractivity contribution is 6.00. The van der Waals surface area contributed by atoms with Crippen LogP contribution in [-0.2, 0) is 9.47 Å². The monoisotopic (exact) mass is 460 g/mol. The molecule has 0 saturated heterocycles. The first-order chi connectivity index (χ1) is 15.6. The van der Waals surface area contributed by atoms with Crippen LogP contribution in [0.4, 0.5) is 11.4 Å². The topological polar surface area (TPSA) is 157 Å². The summed E-state index contributed by atoms with van der Waals surface area (Å²) < 4.78 is 20.1. The Bertz CT molecular complexity index is 1080. The molecule has 2 aromatic rings. The summed E-state index contributed by atoms with van der Waals surface area (Å²) in [6.07, 6.45) is 1.48. The van der Waals surface area contributed by atoms with Crippen molar-refractivity contribution in [2.45, 2.75) is 6.92 Å². The molecule has 0 unspecified atom stereocenters. The van der Waals surface area contributed by atoms with E-state index < -0.39 is 33.2 Å². The predicted octanol–water partition coefficient (Wildman–Crippen LogP) is 3.55. The Hall–Kier alpha value is -4.48. The lowest BCUT2D eigenvalue weighted by molar-refractivity contribution is -0.385. The zero-order valence-corrected chi connectivity index (χ0v) is 18.4. The molecule has 0 N–H and O–H groups in total. The SMILES string of the molecule is CC=C(c1cc([N+](=O)[O-])cc(C(=O)OC)c1OC)c1cc([N+](=O)[O-])cc(C(=O)OC)c1OC.